The van der Waals surface area contributed by atoms with Gasteiger partial charge in [0, 0.05) is 28.0 Å². The maximum Gasteiger partial charge on any atom is 0.0320 e. The molecule has 0 amide bonds. The molecule has 16 heavy (non-hydrogen) atoms. The fraction of sp³-hybridized carbons (Fsp3) is 0.846. The second-order valence-corrected chi connectivity index (χ2v) is 7.18. The number of hydrogen-bond donors (Lipinski definition) is 1. The molecule has 0 aromatic carbocycles. The fourth-order valence-corrected chi connectivity index (χ4v) is 5.53. The molecule has 94 valence electrons. The third kappa shape index (κ3) is 4.34. The van der Waals surface area contributed by atoms with Crippen LogP contribution in [0.5, 0.6) is 0 Å². The van der Waals surface area contributed by atoms with Crippen molar-refractivity contribution in [1.82, 2.24) is 5.32 Å². The van der Waals surface area contributed by atoms with Gasteiger partial charge in [0.05, 0.1) is 0 Å². The van der Waals surface area contributed by atoms with E-state index in [1.165, 1.54) is 29.9 Å². The lowest BCUT2D eigenvalue weighted by Crippen LogP contribution is -2.43. The Morgan fingerprint density at radius 2 is 2.12 bits per heavy atom. The normalized spacial score (nSPS) is 27.7. The summed E-state index contributed by atoms with van der Waals surface area (Å²) in [6, 6.07) is 0.652. The Kier molecular flexibility index (Phi) is 6.94. The maximum absolute atomic E-state index is 4.01. The highest BCUT2D eigenvalue weighted by atomic mass is 32.2. The van der Waals surface area contributed by atoms with Gasteiger partial charge in [0.15, 0.2) is 0 Å². The van der Waals surface area contributed by atoms with Crippen LogP contribution in [0.2, 0.25) is 0 Å². The Morgan fingerprint density at radius 3 is 2.69 bits per heavy atom. The molecule has 1 saturated heterocycles. The van der Waals surface area contributed by atoms with Gasteiger partial charge in [-0.2, -0.15) is 23.5 Å². The van der Waals surface area contributed by atoms with E-state index in [1.807, 2.05) is 0 Å². The summed E-state index contributed by atoms with van der Waals surface area (Å²) in [5.41, 5.74) is 1.31. The molecule has 3 unspecified atom stereocenters. The van der Waals surface area contributed by atoms with E-state index in [2.05, 4.69) is 56.3 Å². The molecule has 1 aliphatic heterocycles. The van der Waals surface area contributed by atoms with E-state index in [-0.39, 0.29) is 0 Å². The zero-order valence-electron chi connectivity index (χ0n) is 10.8. The van der Waals surface area contributed by atoms with Gasteiger partial charge in [-0.3, -0.25) is 0 Å². The lowest BCUT2D eigenvalue weighted by molar-refractivity contribution is 0.488. The van der Waals surface area contributed by atoms with E-state index >= 15 is 0 Å². The maximum atomic E-state index is 4.01. The van der Waals surface area contributed by atoms with Crippen molar-refractivity contribution >= 4 is 23.5 Å². The van der Waals surface area contributed by atoms with Crippen molar-refractivity contribution in [3.63, 3.8) is 0 Å². The van der Waals surface area contributed by atoms with Crippen molar-refractivity contribution in [2.45, 2.75) is 49.7 Å². The van der Waals surface area contributed by atoms with Gasteiger partial charge < -0.3 is 5.32 Å². The summed E-state index contributed by atoms with van der Waals surface area (Å²) in [6.45, 7) is 8.46. The van der Waals surface area contributed by atoms with Crippen molar-refractivity contribution in [3.05, 3.63) is 12.2 Å². The second-order valence-electron chi connectivity index (χ2n) is 4.54. The third-order valence-electron chi connectivity index (χ3n) is 3.14. The molecule has 1 fully saturated rings. The summed E-state index contributed by atoms with van der Waals surface area (Å²) >= 11 is 4.33. The van der Waals surface area contributed by atoms with Crippen molar-refractivity contribution in [2.75, 3.05) is 18.6 Å². The minimum Gasteiger partial charge on any atom is -0.316 e. The van der Waals surface area contributed by atoms with Gasteiger partial charge in [-0.25, -0.2) is 0 Å². The van der Waals surface area contributed by atoms with E-state index < -0.39 is 0 Å². The molecule has 0 aromatic heterocycles. The highest BCUT2D eigenvalue weighted by Crippen LogP contribution is 2.36. The van der Waals surface area contributed by atoms with E-state index in [0.29, 0.717) is 6.04 Å². The number of thioether (sulfide) groups is 2. The van der Waals surface area contributed by atoms with Crippen LogP contribution in [-0.4, -0.2) is 35.1 Å². The average Bonchev–Trinajstić information content (AvgIpc) is 2.30. The quantitative estimate of drug-likeness (QED) is 0.733. The van der Waals surface area contributed by atoms with Gasteiger partial charge in [-0.05, 0) is 33.2 Å². The predicted molar refractivity (Wildman–Crippen MR) is 79.7 cm³/mol. The van der Waals surface area contributed by atoms with Crippen molar-refractivity contribution in [3.8, 4) is 0 Å². The van der Waals surface area contributed by atoms with E-state index in [9.17, 15) is 0 Å². The molecule has 3 heteroatoms. The van der Waals surface area contributed by atoms with Gasteiger partial charge in [-0.1, -0.05) is 12.5 Å². The summed E-state index contributed by atoms with van der Waals surface area (Å²) < 4.78 is 0. The van der Waals surface area contributed by atoms with Crippen molar-refractivity contribution < 1.29 is 0 Å². The summed E-state index contributed by atoms with van der Waals surface area (Å²) in [7, 11) is 2.11. The number of hydrogen-bond acceptors (Lipinski definition) is 3. The van der Waals surface area contributed by atoms with Gasteiger partial charge in [0.2, 0.25) is 0 Å². The zero-order valence-corrected chi connectivity index (χ0v) is 12.4. The van der Waals surface area contributed by atoms with Crippen LogP contribution in [-0.2, 0) is 0 Å². The first-order valence-electron chi connectivity index (χ1n) is 6.23. The zero-order chi connectivity index (χ0) is 12.0. The standard InChI is InChI=1S/C13H25NS2/c1-5-12-13(16-9-8-15-12)11(14-4)7-6-10(2)3/h11-14H,2,5-9H2,1,3-4H3. The van der Waals surface area contributed by atoms with Crippen molar-refractivity contribution in [2.24, 2.45) is 0 Å². The molecule has 1 N–H and O–H groups in total. The van der Waals surface area contributed by atoms with Crippen LogP contribution in [0.1, 0.15) is 33.1 Å². The molecule has 0 saturated carbocycles. The molecule has 0 aromatic rings. The topological polar surface area (TPSA) is 12.0 Å². The summed E-state index contributed by atoms with van der Waals surface area (Å²) in [4.78, 5) is 0. The van der Waals surface area contributed by atoms with Gasteiger partial charge in [-0.15, -0.1) is 6.58 Å². The Bertz CT molecular complexity index is 218. The lowest BCUT2D eigenvalue weighted by atomic mass is 10.0. The molecule has 3 atom stereocenters. The molecule has 0 bridgehead atoms. The minimum atomic E-state index is 0.652. The second kappa shape index (κ2) is 7.67. The monoisotopic (exact) mass is 259 g/mol. The smallest absolute Gasteiger partial charge is 0.0320 e. The minimum absolute atomic E-state index is 0.652. The molecule has 1 aliphatic rings. The van der Waals surface area contributed by atoms with Gasteiger partial charge in [0.1, 0.15) is 0 Å². The van der Waals surface area contributed by atoms with E-state index in [1.54, 1.807) is 0 Å². The number of allylic oxidation sites excluding steroid dienone is 1. The van der Waals surface area contributed by atoms with Crippen LogP contribution < -0.4 is 5.32 Å². The molecule has 0 aliphatic carbocycles. The average molecular weight is 259 g/mol. The Labute approximate surface area is 109 Å². The largest absolute Gasteiger partial charge is 0.316 e. The van der Waals surface area contributed by atoms with Crippen LogP contribution in [0.4, 0.5) is 0 Å². The molecular weight excluding hydrogens is 234 g/mol. The Balaban J connectivity index is 2.51. The van der Waals surface area contributed by atoms with E-state index in [4.69, 9.17) is 0 Å². The molecule has 1 nitrogen and oxygen atoms in total. The summed E-state index contributed by atoms with van der Waals surface area (Å²) in [5, 5.41) is 5.14. The molecule has 0 spiro atoms. The summed E-state index contributed by atoms with van der Waals surface area (Å²) in [6.07, 6.45) is 3.69. The fourth-order valence-electron chi connectivity index (χ4n) is 2.19. The molecule has 1 heterocycles. The van der Waals surface area contributed by atoms with Crippen molar-refractivity contribution in [1.29, 1.82) is 0 Å². The Hall–Kier alpha value is 0.400. The van der Waals surface area contributed by atoms with Crippen LogP contribution in [0, 0.1) is 0 Å². The van der Waals surface area contributed by atoms with Crippen LogP contribution in [0.3, 0.4) is 0 Å². The lowest BCUT2D eigenvalue weighted by Gasteiger charge is -2.36. The predicted octanol–water partition coefficient (Wildman–Crippen LogP) is 3.56. The highest BCUT2D eigenvalue weighted by Gasteiger charge is 2.30. The van der Waals surface area contributed by atoms with Gasteiger partial charge >= 0.3 is 0 Å². The van der Waals surface area contributed by atoms with Crippen LogP contribution in [0.25, 0.3) is 0 Å². The summed E-state index contributed by atoms with van der Waals surface area (Å²) in [5.74, 6) is 2.65. The Morgan fingerprint density at radius 1 is 1.44 bits per heavy atom. The first-order valence-corrected chi connectivity index (χ1v) is 8.33. The van der Waals surface area contributed by atoms with Crippen LogP contribution >= 0.6 is 23.5 Å². The van der Waals surface area contributed by atoms with E-state index in [0.717, 1.165) is 16.9 Å². The first kappa shape index (κ1) is 14.5. The molecule has 0 radical (unpaired) electrons. The molecule has 1 rings (SSSR count). The first-order chi connectivity index (χ1) is 7.69. The third-order valence-corrected chi connectivity index (χ3v) is 6.55. The SMILES string of the molecule is C=C(C)CCC(NC)C1SCCSC1CC. The van der Waals surface area contributed by atoms with Crippen LogP contribution in [0.15, 0.2) is 12.2 Å². The van der Waals surface area contributed by atoms with Gasteiger partial charge in [0.25, 0.3) is 0 Å². The highest BCUT2D eigenvalue weighted by molar-refractivity contribution is 8.07. The number of nitrogens with one attached hydrogen (secondary N) is 1. The molecular formula is C13H25NS2. The number of rotatable bonds is 6.